The summed E-state index contributed by atoms with van der Waals surface area (Å²) in [6.45, 7) is 3.60. The minimum absolute atomic E-state index is 0.132. The van der Waals surface area contributed by atoms with E-state index in [0.29, 0.717) is 32.0 Å². The first kappa shape index (κ1) is 26.8. The van der Waals surface area contributed by atoms with Crippen molar-refractivity contribution in [3.05, 3.63) is 127 Å². The summed E-state index contributed by atoms with van der Waals surface area (Å²) < 4.78 is 12.7. The van der Waals surface area contributed by atoms with Crippen LogP contribution in [0.2, 0.25) is 0 Å². The van der Waals surface area contributed by atoms with Crippen LogP contribution in [-0.2, 0) is 14.3 Å². The normalized spacial score (nSPS) is 14.8. The largest absolute Gasteiger partial charge is 0.484 e. The number of fused-ring (bicyclic) bond motifs is 1. The number of carbonyl (C=O) groups excluding carboxylic acids is 2. The molecule has 8 nitrogen and oxygen atoms in total. The van der Waals surface area contributed by atoms with Gasteiger partial charge in [0.2, 0.25) is 0 Å². The molecule has 0 saturated carbocycles. The molecule has 0 aliphatic carbocycles. The molecule has 1 unspecified atom stereocenters. The minimum atomic E-state index is -0.645. The Labute approximate surface area is 234 Å². The van der Waals surface area contributed by atoms with Crippen molar-refractivity contribution in [1.82, 2.24) is 4.57 Å². The second kappa shape index (κ2) is 11.5. The minimum Gasteiger partial charge on any atom is -0.484 e. The monoisotopic (exact) mass is 553 g/mol. The van der Waals surface area contributed by atoms with Gasteiger partial charge in [0.1, 0.15) is 5.75 Å². The maximum atomic E-state index is 13.6. The molecule has 0 spiro atoms. The van der Waals surface area contributed by atoms with Gasteiger partial charge in [-0.1, -0.05) is 71.5 Å². The van der Waals surface area contributed by atoms with Crippen molar-refractivity contribution in [1.29, 1.82) is 0 Å². The summed E-state index contributed by atoms with van der Waals surface area (Å²) in [7, 11) is 1.32. The number of aryl methyl sites for hydroxylation is 1. The smallest absolute Gasteiger partial charge is 0.338 e. The third-order valence-electron chi connectivity index (χ3n) is 6.43. The zero-order valence-corrected chi connectivity index (χ0v) is 23.0. The molecular formula is C31H27N3O5S. The number of nitrogens with zero attached hydrogens (tertiary/aromatic N) is 2. The molecule has 0 saturated heterocycles. The predicted octanol–water partition coefficient (Wildman–Crippen LogP) is 3.73. The van der Waals surface area contributed by atoms with E-state index in [9.17, 15) is 14.4 Å². The van der Waals surface area contributed by atoms with E-state index in [1.165, 1.54) is 18.4 Å². The Morgan fingerprint density at radius 1 is 1.00 bits per heavy atom. The number of benzene rings is 3. The molecule has 202 valence electrons. The van der Waals surface area contributed by atoms with Crippen LogP contribution in [0.5, 0.6) is 5.75 Å². The SMILES string of the molecule is COC(=O)C1=C(C)N=c2sc(=Cc3ccc(OCC(=O)Nc4ccc(C)cc4)cc3)c(=O)n2C1c1ccccc1. The first-order valence-corrected chi connectivity index (χ1v) is 13.4. The van der Waals surface area contributed by atoms with Crippen LogP contribution in [0, 0.1) is 6.92 Å². The lowest BCUT2D eigenvalue weighted by Gasteiger charge is -2.24. The third-order valence-corrected chi connectivity index (χ3v) is 7.41. The first-order chi connectivity index (χ1) is 19.3. The standard InChI is InChI=1S/C31H27N3O5S/c1-19-9-13-23(14-10-19)33-26(35)18-39-24-15-11-21(12-16-24)17-25-29(36)34-28(22-7-5-4-6-8-22)27(30(37)38-3)20(2)32-31(34)40-25/h4-17,28H,18H2,1-3H3,(H,33,35). The number of nitrogens with one attached hydrogen (secondary N) is 1. The fourth-order valence-electron chi connectivity index (χ4n) is 4.44. The molecule has 3 aromatic carbocycles. The number of thiazole rings is 1. The van der Waals surface area contributed by atoms with E-state index < -0.39 is 12.0 Å². The van der Waals surface area contributed by atoms with Crippen molar-refractivity contribution >= 4 is 35.0 Å². The van der Waals surface area contributed by atoms with Crippen LogP contribution in [-0.4, -0.2) is 30.2 Å². The fraction of sp³-hybridized carbons (Fsp3) is 0.161. The Morgan fingerprint density at radius 3 is 2.38 bits per heavy atom. The lowest BCUT2D eigenvalue weighted by atomic mass is 9.96. The zero-order chi connectivity index (χ0) is 28.2. The summed E-state index contributed by atoms with van der Waals surface area (Å²) in [4.78, 5) is 43.6. The summed E-state index contributed by atoms with van der Waals surface area (Å²) in [5.74, 6) is -0.253. The number of ether oxygens (including phenoxy) is 2. The van der Waals surface area contributed by atoms with Crippen LogP contribution in [0.1, 0.15) is 29.7 Å². The maximum Gasteiger partial charge on any atom is 0.338 e. The third kappa shape index (κ3) is 5.64. The summed E-state index contributed by atoms with van der Waals surface area (Å²) in [6.07, 6.45) is 1.77. The van der Waals surface area contributed by atoms with Crippen LogP contribution in [0.3, 0.4) is 0 Å². The summed E-state index contributed by atoms with van der Waals surface area (Å²) in [6, 6.07) is 23.4. The van der Waals surface area contributed by atoms with E-state index in [1.54, 1.807) is 29.7 Å². The molecule has 40 heavy (non-hydrogen) atoms. The Morgan fingerprint density at radius 2 is 1.70 bits per heavy atom. The average molecular weight is 554 g/mol. The van der Waals surface area contributed by atoms with Crippen molar-refractivity contribution in [2.45, 2.75) is 19.9 Å². The lowest BCUT2D eigenvalue weighted by molar-refractivity contribution is -0.136. The van der Waals surface area contributed by atoms with Gasteiger partial charge >= 0.3 is 5.97 Å². The molecule has 0 bridgehead atoms. The van der Waals surface area contributed by atoms with Gasteiger partial charge < -0.3 is 14.8 Å². The summed E-state index contributed by atoms with van der Waals surface area (Å²) in [5.41, 5.74) is 3.99. The summed E-state index contributed by atoms with van der Waals surface area (Å²) >= 11 is 1.26. The highest BCUT2D eigenvalue weighted by atomic mass is 32.1. The van der Waals surface area contributed by atoms with Crippen LogP contribution >= 0.6 is 11.3 Å². The Bertz CT molecular complexity index is 1770. The Hall–Kier alpha value is -4.76. The fourth-order valence-corrected chi connectivity index (χ4v) is 5.48. The predicted molar refractivity (Wildman–Crippen MR) is 154 cm³/mol. The van der Waals surface area contributed by atoms with E-state index in [2.05, 4.69) is 10.3 Å². The number of methoxy groups -OCH3 is 1. The molecule has 1 atom stereocenters. The number of anilines is 1. The van der Waals surface area contributed by atoms with Gasteiger partial charge in [-0.15, -0.1) is 0 Å². The van der Waals surface area contributed by atoms with Crippen LogP contribution in [0.15, 0.2) is 99.9 Å². The molecule has 0 fully saturated rings. The molecule has 1 amide bonds. The second-order valence-corrected chi connectivity index (χ2v) is 10.3. The maximum absolute atomic E-state index is 13.6. The van der Waals surface area contributed by atoms with Crippen molar-refractivity contribution in [3.63, 3.8) is 0 Å². The van der Waals surface area contributed by atoms with Crippen molar-refractivity contribution < 1.29 is 19.1 Å². The van der Waals surface area contributed by atoms with E-state index in [4.69, 9.17) is 9.47 Å². The number of carbonyl (C=O) groups is 2. The quantitative estimate of drug-likeness (QED) is 0.352. The van der Waals surface area contributed by atoms with Crippen molar-refractivity contribution in [2.75, 3.05) is 19.0 Å². The van der Waals surface area contributed by atoms with Crippen LogP contribution in [0.4, 0.5) is 5.69 Å². The van der Waals surface area contributed by atoms with E-state index >= 15 is 0 Å². The molecule has 1 aromatic heterocycles. The van der Waals surface area contributed by atoms with E-state index in [-0.39, 0.29) is 18.1 Å². The lowest BCUT2D eigenvalue weighted by Crippen LogP contribution is -2.39. The topological polar surface area (TPSA) is 99.0 Å². The molecule has 5 rings (SSSR count). The molecule has 0 radical (unpaired) electrons. The number of aromatic nitrogens is 1. The van der Waals surface area contributed by atoms with E-state index in [0.717, 1.165) is 16.7 Å². The number of hydrogen-bond donors (Lipinski definition) is 1. The Kier molecular flexibility index (Phi) is 7.75. The Balaban J connectivity index is 1.38. The molecule has 1 aliphatic rings. The van der Waals surface area contributed by atoms with Gasteiger partial charge in [0.15, 0.2) is 11.4 Å². The molecule has 2 heterocycles. The van der Waals surface area contributed by atoms with Crippen LogP contribution in [0.25, 0.3) is 6.08 Å². The van der Waals surface area contributed by atoms with Gasteiger partial charge in [-0.25, -0.2) is 9.79 Å². The molecular weight excluding hydrogens is 526 g/mol. The van der Waals surface area contributed by atoms with Crippen molar-refractivity contribution in [3.8, 4) is 5.75 Å². The molecule has 4 aromatic rings. The average Bonchev–Trinajstić information content (AvgIpc) is 3.27. The molecule has 1 aliphatic heterocycles. The van der Waals surface area contributed by atoms with Crippen molar-refractivity contribution in [2.24, 2.45) is 4.99 Å². The van der Waals surface area contributed by atoms with Gasteiger partial charge in [0, 0.05) is 5.69 Å². The number of allylic oxidation sites excluding steroid dienone is 1. The van der Waals surface area contributed by atoms with Gasteiger partial charge in [-0.3, -0.25) is 14.2 Å². The van der Waals surface area contributed by atoms with Gasteiger partial charge in [0.25, 0.3) is 11.5 Å². The zero-order valence-electron chi connectivity index (χ0n) is 22.2. The highest BCUT2D eigenvalue weighted by Crippen LogP contribution is 2.30. The molecule has 9 heteroatoms. The second-order valence-electron chi connectivity index (χ2n) is 9.26. The van der Waals surface area contributed by atoms with Gasteiger partial charge in [-0.2, -0.15) is 0 Å². The highest BCUT2D eigenvalue weighted by molar-refractivity contribution is 7.07. The van der Waals surface area contributed by atoms with Gasteiger partial charge in [-0.05, 0) is 55.3 Å². The number of rotatable bonds is 7. The summed E-state index contributed by atoms with van der Waals surface area (Å²) in [5, 5.41) is 2.80. The van der Waals surface area contributed by atoms with E-state index in [1.807, 2.05) is 73.7 Å². The molecule has 1 N–H and O–H groups in total. The van der Waals surface area contributed by atoms with Gasteiger partial charge in [0.05, 0.1) is 29.0 Å². The number of esters is 1. The first-order valence-electron chi connectivity index (χ1n) is 12.6. The number of amides is 1. The number of hydrogen-bond acceptors (Lipinski definition) is 7. The highest BCUT2D eigenvalue weighted by Gasteiger charge is 2.32. The van der Waals surface area contributed by atoms with Crippen LogP contribution < -0.4 is 24.9 Å².